The molecule has 1 unspecified atom stereocenters. The maximum absolute atomic E-state index is 13.4. The molecule has 0 radical (unpaired) electrons. The molecule has 3 saturated carbocycles. The van der Waals surface area contributed by atoms with Gasteiger partial charge < -0.3 is 25.0 Å². The zero-order chi connectivity index (χ0) is 28.0. The van der Waals surface area contributed by atoms with Gasteiger partial charge in [0.05, 0.1) is 18.6 Å². The minimum Gasteiger partial charge on any atom is -0.458 e. The van der Waals surface area contributed by atoms with Crippen LogP contribution in [0, 0.1) is 28.6 Å². The standard InChI is InChI=1S/C30H43NO8/c1-28-11-9-19(32)14-18(28)5-6-21-22-10-12-30(37,29(22,2)15-23(33)27(21)28)24(34)17-39-26(36)8-7-25(35)31-16-20-4-3-13-38-20/h14,20-23,27,33,37H,3-13,15-17H2,1-2H3,(H,31,35)/t20?,21-,22-,23-,27+,28-,29-,30-/m0/s1. The first-order valence-corrected chi connectivity index (χ1v) is 14.7. The van der Waals surface area contributed by atoms with Gasteiger partial charge >= 0.3 is 5.97 Å². The number of rotatable bonds is 8. The van der Waals surface area contributed by atoms with Gasteiger partial charge in [-0.2, -0.15) is 0 Å². The van der Waals surface area contributed by atoms with Crippen LogP contribution in [0.2, 0.25) is 0 Å². The summed E-state index contributed by atoms with van der Waals surface area (Å²) in [6, 6.07) is 0. The van der Waals surface area contributed by atoms with E-state index in [9.17, 15) is 29.4 Å². The first kappa shape index (κ1) is 28.4. The van der Waals surface area contributed by atoms with E-state index in [-0.39, 0.29) is 66.6 Å². The van der Waals surface area contributed by atoms with Gasteiger partial charge in [-0.25, -0.2) is 0 Å². The van der Waals surface area contributed by atoms with E-state index in [1.54, 1.807) is 6.08 Å². The van der Waals surface area contributed by atoms with Crippen LogP contribution in [0.25, 0.3) is 0 Å². The predicted octanol–water partition coefficient (Wildman–Crippen LogP) is 2.41. The molecular formula is C30H43NO8. The highest BCUT2D eigenvalue weighted by molar-refractivity contribution is 5.92. The Bertz CT molecular complexity index is 1050. The molecule has 216 valence electrons. The molecule has 9 nitrogen and oxygen atoms in total. The normalized spacial score (nSPS) is 41.2. The van der Waals surface area contributed by atoms with E-state index < -0.39 is 35.5 Å². The number of aliphatic hydroxyl groups is 2. The Morgan fingerprint density at radius 1 is 1.13 bits per heavy atom. The van der Waals surface area contributed by atoms with E-state index in [1.807, 2.05) is 6.92 Å². The van der Waals surface area contributed by atoms with Crippen LogP contribution in [0.15, 0.2) is 11.6 Å². The highest BCUT2D eigenvalue weighted by atomic mass is 16.5. The van der Waals surface area contributed by atoms with Crippen LogP contribution in [-0.2, 0) is 28.7 Å². The van der Waals surface area contributed by atoms with Gasteiger partial charge in [-0.3, -0.25) is 19.2 Å². The number of hydrogen-bond donors (Lipinski definition) is 3. The molecule has 4 aliphatic carbocycles. The lowest BCUT2D eigenvalue weighted by molar-refractivity contribution is -0.184. The number of carbonyl (C=O) groups is 4. The topological polar surface area (TPSA) is 139 Å². The Balaban J connectivity index is 1.18. The summed E-state index contributed by atoms with van der Waals surface area (Å²) in [6.07, 6.45) is 6.86. The summed E-state index contributed by atoms with van der Waals surface area (Å²) in [4.78, 5) is 49.8. The van der Waals surface area contributed by atoms with Crippen LogP contribution in [0.5, 0.6) is 0 Å². The Kier molecular flexibility index (Phi) is 7.81. The van der Waals surface area contributed by atoms with Gasteiger partial charge in [0.15, 0.2) is 12.4 Å². The average Bonchev–Trinajstić information content (AvgIpc) is 3.51. The third kappa shape index (κ3) is 4.99. The Morgan fingerprint density at radius 3 is 2.67 bits per heavy atom. The number of hydrogen-bond acceptors (Lipinski definition) is 8. The Labute approximate surface area is 230 Å². The van der Waals surface area contributed by atoms with E-state index in [0.29, 0.717) is 26.0 Å². The molecular weight excluding hydrogens is 502 g/mol. The van der Waals surface area contributed by atoms with Crippen LogP contribution in [0.1, 0.15) is 84.5 Å². The summed E-state index contributed by atoms with van der Waals surface area (Å²) in [5.74, 6) is -1.12. The predicted molar refractivity (Wildman–Crippen MR) is 140 cm³/mol. The quantitative estimate of drug-likeness (QED) is 0.395. The lowest BCUT2D eigenvalue weighted by Gasteiger charge is -2.60. The molecule has 4 fully saturated rings. The minimum absolute atomic E-state index is 0.00895. The van der Waals surface area contributed by atoms with Gasteiger partial charge in [-0.1, -0.05) is 19.4 Å². The fourth-order valence-electron chi connectivity index (χ4n) is 8.82. The van der Waals surface area contributed by atoms with Crippen LogP contribution in [-0.4, -0.2) is 71.2 Å². The first-order valence-electron chi connectivity index (χ1n) is 14.7. The van der Waals surface area contributed by atoms with Crippen molar-refractivity contribution in [1.82, 2.24) is 5.32 Å². The molecule has 5 rings (SSSR count). The van der Waals surface area contributed by atoms with E-state index in [1.165, 1.54) is 0 Å². The molecule has 1 saturated heterocycles. The van der Waals surface area contributed by atoms with Crippen molar-refractivity contribution in [1.29, 1.82) is 0 Å². The SMILES string of the molecule is C[C@]12CCC(=O)C=C1CC[C@@H]1[C@@H]2[C@@H](O)C[C@@]2(C)[C@H]1CC[C@]2(O)C(=O)COC(=O)CCC(=O)NCC1CCCO1. The van der Waals surface area contributed by atoms with Gasteiger partial charge in [0.1, 0.15) is 5.60 Å². The number of fused-ring (bicyclic) bond motifs is 5. The highest BCUT2D eigenvalue weighted by Crippen LogP contribution is 2.67. The van der Waals surface area contributed by atoms with E-state index in [4.69, 9.17) is 9.47 Å². The lowest BCUT2D eigenvalue weighted by atomic mass is 9.45. The summed E-state index contributed by atoms with van der Waals surface area (Å²) in [7, 11) is 0. The van der Waals surface area contributed by atoms with E-state index in [2.05, 4.69) is 12.2 Å². The Morgan fingerprint density at radius 2 is 1.92 bits per heavy atom. The zero-order valence-corrected chi connectivity index (χ0v) is 23.2. The van der Waals surface area contributed by atoms with Crippen molar-refractivity contribution >= 4 is 23.4 Å². The molecule has 0 bridgehead atoms. The number of Topliss-reactive ketones (excluding diaryl/α,β-unsaturated/α-hetero) is 1. The van der Waals surface area contributed by atoms with Gasteiger partial charge in [0.2, 0.25) is 11.7 Å². The van der Waals surface area contributed by atoms with Crippen molar-refractivity contribution < 1.29 is 38.9 Å². The maximum Gasteiger partial charge on any atom is 0.306 e. The number of ether oxygens (including phenoxy) is 2. The number of carbonyl (C=O) groups excluding carboxylic acids is 4. The van der Waals surface area contributed by atoms with Crippen molar-refractivity contribution in [3.8, 4) is 0 Å². The molecule has 0 aromatic carbocycles. The second-order valence-corrected chi connectivity index (χ2v) is 13.0. The van der Waals surface area contributed by atoms with Gasteiger partial charge in [-0.15, -0.1) is 0 Å². The fraction of sp³-hybridized carbons (Fsp3) is 0.800. The second-order valence-electron chi connectivity index (χ2n) is 13.0. The lowest BCUT2D eigenvalue weighted by Crippen LogP contribution is -2.62. The summed E-state index contributed by atoms with van der Waals surface area (Å²) >= 11 is 0. The van der Waals surface area contributed by atoms with Crippen molar-refractivity contribution in [2.24, 2.45) is 28.6 Å². The zero-order valence-electron chi connectivity index (χ0n) is 23.2. The van der Waals surface area contributed by atoms with Crippen molar-refractivity contribution in [2.75, 3.05) is 19.8 Å². The Hall–Kier alpha value is -2.10. The van der Waals surface area contributed by atoms with Gasteiger partial charge in [0, 0.05) is 31.4 Å². The first-order chi connectivity index (χ1) is 18.5. The summed E-state index contributed by atoms with van der Waals surface area (Å²) < 4.78 is 10.7. The minimum atomic E-state index is -1.69. The van der Waals surface area contributed by atoms with Gasteiger partial charge in [0.25, 0.3) is 0 Å². The second kappa shape index (κ2) is 10.7. The van der Waals surface area contributed by atoms with Crippen molar-refractivity contribution in [3.05, 3.63) is 11.6 Å². The molecule has 1 amide bonds. The molecule has 39 heavy (non-hydrogen) atoms. The van der Waals surface area contributed by atoms with E-state index >= 15 is 0 Å². The number of esters is 1. The largest absolute Gasteiger partial charge is 0.458 e. The number of ketones is 2. The molecule has 5 aliphatic rings. The number of nitrogens with one attached hydrogen (secondary N) is 1. The molecule has 1 heterocycles. The number of aliphatic hydroxyl groups excluding tert-OH is 1. The highest BCUT2D eigenvalue weighted by Gasteiger charge is 2.68. The molecule has 0 aromatic rings. The maximum atomic E-state index is 13.4. The molecule has 8 atom stereocenters. The monoisotopic (exact) mass is 545 g/mol. The van der Waals surface area contributed by atoms with Crippen LogP contribution in [0.3, 0.4) is 0 Å². The van der Waals surface area contributed by atoms with E-state index in [0.717, 1.165) is 37.7 Å². The van der Waals surface area contributed by atoms with Crippen LogP contribution in [0.4, 0.5) is 0 Å². The average molecular weight is 546 g/mol. The number of allylic oxidation sites excluding steroid dienone is 1. The molecule has 0 spiro atoms. The summed E-state index contributed by atoms with van der Waals surface area (Å²) in [5.41, 5.74) is -1.63. The van der Waals surface area contributed by atoms with Crippen LogP contribution < -0.4 is 5.32 Å². The van der Waals surface area contributed by atoms with Crippen molar-refractivity contribution in [2.45, 2.75) is 102 Å². The molecule has 3 N–H and O–H groups in total. The van der Waals surface area contributed by atoms with Gasteiger partial charge in [-0.05, 0) is 80.6 Å². The third-order valence-corrected chi connectivity index (χ3v) is 11.0. The smallest absolute Gasteiger partial charge is 0.306 e. The number of amides is 1. The van der Waals surface area contributed by atoms with Crippen molar-refractivity contribution in [3.63, 3.8) is 0 Å². The molecule has 0 aromatic heterocycles. The summed E-state index contributed by atoms with van der Waals surface area (Å²) in [5, 5.41) is 26.0. The van der Waals surface area contributed by atoms with Crippen LogP contribution >= 0.6 is 0 Å². The summed E-state index contributed by atoms with van der Waals surface area (Å²) in [6.45, 7) is 4.64. The fourth-order valence-corrected chi connectivity index (χ4v) is 8.82. The third-order valence-electron chi connectivity index (χ3n) is 11.0. The molecule has 1 aliphatic heterocycles. The molecule has 9 heteroatoms.